The van der Waals surface area contributed by atoms with Gasteiger partial charge in [-0.3, -0.25) is 4.79 Å². The number of aromatic hydroxyl groups is 1. The smallest absolute Gasteiger partial charge is 0.342 e. The summed E-state index contributed by atoms with van der Waals surface area (Å²) in [4.78, 5) is 23.8. The average Bonchev–Trinajstić information content (AvgIpc) is 3.09. The number of hydrogen-bond donors (Lipinski definition) is 3. The third-order valence-corrected chi connectivity index (χ3v) is 4.88. The molecule has 0 saturated carbocycles. The lowest BCUT2D eigenvalue weighted by molar-refractivity contribution is -0.121. The number of hydrogen-bond acceptors (Lipinski definition) is 7. The number of carbonyl (C=O) groups is 2. The topological polar surface area (TPSA) is 120 Å². The second-order valence-corrected chi connectivity index (χ2v) is 6.92. The number of carbonyl (C=O) groups excluding carboxylic acids is 2. The molecule has 0 aromatic heterocycles. The van der Waals surface area contributed by atoms with Gasteiger partial charge >= 0.3 is 5.97 Å². The van der Waals surface area contributed by atoms with Gasteiger partial charge in [0, 0.05) is 30.6 Å². The molecule has 4 N–H and O–H groups in total. The fourth-order valence-corrected chi connectivity index (χ4v) is 3.25. The van der Waals surface area contributed by atoms with Crippen LogP contribution in [0.5, 0.6) is 11.5 Å². The van der Waals surface area contributed by atoms with Crippen molar-refractivity contribution in [3.63, 3.8) is 0 Å². The van der Waals surface area contributed by atoms with Crippen LogP contribution in [0.1, 0.15) is 46.8 Å². The van der Waals surface area contributed by atoms with Crippen molar-refractivity contribution in [2.24, 2.45) is 5.73 Å². The quantitative estimate of drug-likeness (QED) is 0.291. The van der Waals surface area contributed by atoms with Crippen LogP contribution in [-0.4, -0.2) is 50.4 Å². The number of esters is 1. The molecule has 1 aliphatic rings. The van der Waals surface area contributed by atoms with Crippen molar-refractivity contribution in [1.82, 2.24) is 5.32 Å². The van der Waals surface area contributed by atoms with Crippen LogP contribution in [0.4, 0.5) is 0 Å². The van der Waals surface area contributed by atoms with E-state index in [1.807, 2.05) is 19.9 Å². The third-order valence-electron chi connectivity index (χ3n) is 4.88. The molecule has 0 fully saturated rings. The summed E-state index contributed by atoms with van der Waals surface area (Å²) in [6.45, 7) is 5.76. The number of phenols is 1. The molecule has 0 saturated heterocycles. The highest BCUT2D eigenvalue weighted by Crippen LogP contribution is 2.42. The van der Waals surface area contributed by atoms with Crippen LogP contribution in [0.2, 0.25) is 0 Å². The first-order valence-electron chi connectivity index (χ1n) is 9.69. The molecule has 0 atom stereocenters. The molecule has 1 aromatic rings. The second-order valence-electron chi connectivity index (χ2n) is 6.92. The molecular formula is C21H30N2O6. The van der Waals surface area contributed by atoms with Gasteiger partial charge in [-0.15, -0.1) is 0 Å². The van der Waals surface area contributed by atoms with Crippen molar-refractivity contribution in [3.8, 4) is 11.5 Å². The molecule has 160 valence electrons. The number of rotatable bonds is 11. The van der Waals surface area contributed by atoms with Gasteiger partial charge in [-0.2, -0.15) is 0 Å². The van der Waals surface area contributed by atoms with Crippen molar-refractivity contribution in [2.75, 3.05) is 33.4 Å². The third kappa shape index (κ3) is 5.71. The highest BCUT2D eigenvalue weighted by molar-refractivity contribution is 5.98. The van der Waals surface area contributed by atoms with E-state index in [9.17, 15) is 14.7 Å². The summed E-state index contributed by atoms with van der Waals surface area (Å²) in [5.41, 5.74) is 8.56. The Morgan fingerprint density at radius 2 is 2.10 bits per heavy atom. The van der Waals surface area contributed by atoms with Crippen LogP contribution in [0.15, 0.2) is 11.6 Å². The van der Waals surface area contributed by atoms with Gasteiger partial charge in [0.2, 0.25) is 5.91 Å². The zero-order valence-corrected chi connectivity index (χ0v) is 17.3. The first-order valence-corrected chi connectivity index (χ1v) is 9.69. The standard InChI is InChI=1S/C21H30N2O6/c1-13(5-7-17(24)23-9-11-28-10-8-22)4-6-15-19(25)18-16(12-29-21(18)26)14(2)20(15)27-3/h4,25H,5-12,22H2,1-3H3,(H,23,24). The highest BCUT2D eigenvalue weighted by atomic mass is 16.5. The normalized spacial score (nSPS) is 13.2. The monoisotopic (exact) mass is 406 g/mol. The Bertz CT molecular complexity index is 788. The molecule has 0 spiro atoms. The van der Waals surface area contributed by atoms with E-state index in [4.69, 9.17) is 19.9 Å². The second kappa shape index (κ2) is 10.8. The maximum absolute atomic E-state index is 12.0. The molecular weight excluding hydrogens is 376 g/mol. The largest absolute Gasteiger partial charge is 0.507 e. The number of nitrogens with two attached hydrogens (primary N) is 1. The molecule has 1 aromatic carbocycles. The Labute approximate surface area is 171 Å². The summed E-state index contributed by atoms with van der Waals surface area (Å²) >= 11 is 0. The summed E-state index contributed by atoms with van der Waals surface area (Å²) < 4.78 is 15.7. The van der Waals surface area contributed by atoms with Crippen LogP contribution < -0.4 is 15.8 Å². The number of amides is 1. The van der Waals surface area contributed by atoms with E-state index in [1.54, 1.807) is 0 Å². The lowest BCUT2D eigenvalue weighted by Crippen LogP contribution is -2.27. The minimum Gasteiger partial charge on any atom is -0.507 e. The van der Waals surface area contributed by atoms with Crippen molar-refractivity contribution < 1.29 is 28.9 Å². The van der Waals surface area contributed by atoms with Crippen molar-refractivity contribution >= 4 is 11.9 Å². The van der Waals surface area contributed by atoms with Crippen molar-refractivity contribution in [2.45, 2.75) is 39.7 Å². The highest BCUT2D eigenvalue weighted by Gasteiger charge is 2.31. The minimum atomic E-state index is -0.516. The number of methoxy groups -OCH3 is 1. The molecule has 1 heterocycles. The van der Waals surface area contributed by atoms with E-state index >= 15 is 0 Å². The molecule has 0 aliphatic carbocycles. The van der Waals surface area contributed by atoms with Gasteiger partial charge in [-0.25, -0.2) is 4.79 Å². The Balaban J connectivity index is 1.97. The first kappa shape index (κ1) is 22.7. The average molecular weight is 406 g/mol. The van der Waals surface area contributed by atoms with Crippen LogP contribution in [0.3, 0.4) is 0 Å². The lowest BCUT2D eigenvalue weighted by atomic mass is 9.94. The van der Waals surface area contributed by atoms with Gasteiger partial charge in [-0.1, -0.05) is 11.6 Å². The van der Waals surface area contributed by atoms with Gasteiger partial charge in [0.25, 0.3) is 0 Å². The van der Waals surface area contributed by atoms with Crippen molar-refractivity contribution in [3.05, 3.63) is 33.9 Å². The molecule has 2 rings (SSSR count). The summed E-state index contributed by atoms with van der Waals surface area (Å²) in [7, 11) is 1.54. The number of fused-ring (bicyclic) bond motifs is 1. The van der Waals surface area contributed by atoms with Crippen molar-refractivity contribution in [1.29, 1.82) is 0 Å². The zero-order chi connectivity index (χ0) is 21.4. The summed E-state index contributed by atoms with van der Waals surface area (Å²) in [5.74, 6) is -0.106. The zero-order valence-electron chi connectivity index (χ0n) is 17.3. The number of allylic oxidation sites excluding steroid dienone is 2. The molecule has 0 radical (unpaired) electrons. The molecule has 1 amide bonds. The van der Waals surface area contributed by atoms with Crippen LogP contribution in [-0.2, 0) is 27.3 Å². The fourth-order valence-electron chi connectivity index (χ4n) is 3.25. The van der Waals surface area contributed by atoms with Gasteiger partial charge in [0.15, 0.2) is 0 Å². The summed E-state index contributed by atoms with van der Waals surface area (Å²) in [6, 6.07) is 0. The van der Waals surface area contributed by atoms with Crippen LogP contribution in [0, 0.1) is 6.92 Å². The number of cyclic esters (lactones) is 1. The number of ether oxygens (including phenoxy) is 3. The molecule has 8 nitrogen and oxygen atoms in total. The van der Waals surface area contributed by atoms with E-state index in [0.717, 1.165) is 11.1 Å². The predicted octanol–water partition coefficient (Wildman–Crippen LogP) is 1.74. The lowest BCUT2D eigenvalue weighted by Gasteiger charge is -2.15. The number of benzene rings is 1. The van der Waals surface area contributed by atoms with E-state index in [-0.39, 0.29) is 23.8 Å². The summed E-state index contributed by atoms with van der Waals surface area (Å²) in [5, 5.41) is 13.4. The maximum Gasteiger partial charge on any atom is 0.342 e. The van der Waals surface area contributed by atoms with Crippen LogP contribution in [0.25, 0.3) is 0 Å². The molecule has 29 heavy (non-hydrogen) atoms. The van der Waals surface area contributed by atoms with Crippen LogP contribution >= 0.6 is 0 Å². The van der Waals surface area contributed by atoms with Gasteiger partial charge < -0.3 is 30.4 Å². The van der Waals surface area contributed by atoms with E-state index in [1.165, 1.54) is 7.11 Å². The van der Waals surface area contributed by atoms with E-state index < -0.39 is 5.97 Å². The molecule has 0 bridgehead atoms. The maximum atomic E-state index is 12.0. The molecule has 8 heteroatoms. The Kier molecular flexibility index (Phi) is 8.48. The fraction of sp³-hybridized carbons (Fsp3) is 0.524. The van der Waals surface area contributed by atoms with E-state index in [0.29, 0.717) is 62.4 Å². The Hall–Kier alpha value is -2.58. The number of phenolic OH excluding ortho intramolecular Hbond substituents is 1. The van der Waals surface area contributed by atoms with E-state index in [2.05, 4.69) is 5.32 Å². The molecule has 1 aliphatic heterocycles. The molecule has 0 unspecified atom stereocenters. The minimum absolute atomic E-state index is 0.0503. The summed E-state index contributed by atoms with van der Waals surface area (Å²) in [6.07, 6.45) is 3.26. The van der Waals surface area contributed by atoms with Gasteiger partial charge in [0.05, 0.1) is 20.3 Å². The van der Waals surface area contributed by atoms with Gasteiger partial charge in [-0.05, 0) is 32.3 Å². The SMILES string of the molecule is COc1c(C)c2c(c(O)c1CC=C(C)CCC(=O)NCCOCCN)C(=O)OC2. The number of nitrogens with one attached hydrogen (secondary N) is 1. The Morgan fingerprint density at radius 1 is 1.34 bits per heavy atom. The Morgan fingerprint density at radius 3 is 2.79 bits per heavy atom. The predicted molar refractivity (Wildman–Crippen MR) is 108 cm³/mol. The first-order chi connectivity index (χ1) is 13.9. The van der Waals surface area contributed by atoms with Gasteiger partial charge in [0.1, 0.15) is 23.7 Å².